The van der Waals surface area contributed by atoms with Gasteiger partial charge in [-0.2, -0.15) is 5.10 Å². The van der Waals surface area contributed by atoms with Crippen molar-refractivity contribution in [2.24, 2.45) is 0 Å². The molecule has 5 nitrogen and oxygen atoms in total. The van der Waals surface area contributed by atoms with E-state index in [0.29, 0.717) is 0 Å². The van der Waals surface area contributed by atoms with E-state index in [1.807, 2.05) is 44.3 Å². The zero-order valence-corrected chi connectivity index (χ0v) is 18.1. The quantitative estimate of drug-likeness (QED) is 0.427. The van der Waals surface area contributed by atoms with E-state index in [0.717, 1.165) is 31.9 Å². The number of aromatic nitrogens is 3. The molecule has 4 aromatic rings. The third-order valence-electron chi connectivity index (χ3n) is 4.58. The van der Waals surface area contributed by atoms with Gasteiger partial charge in [0.25, 0.3) is 0 Å². The highest BCUT2D eigenvalue weighted by Gasteiger charge is 2.17. The molecule has 0 bridgehead atoms. The standard InChI is InChI=1S/C21H19BrN4OS/c1-12-4-9-18-19(10-12)28-21(24-18)15-5-7-16(8-6-15)23-20(27)14(3)26-11-17(22)13(2)25-26/h4-11,14H,1-3H3,(H,23,27). The van der Waals surface area contributed by atoms with Crippen molar-refractivity contribution in [3.63, 3.8) is 0 Å². The molecule has 2 aromatic heterocycles. The Labute approximate surface area is 175 Å². The number of nitrogens with one attached hydrogen (secondary N) is 1. The number of anilines is 1. The Morgan fingerprint density at radius 2 is 1.93 bits per heavy atom. The molecule has 2 aromatic carbocycles. The second-order valence-corrected chi connectivity index (χ2v) is 8.66. The van der Waals surface area contributed by atoms with Gasteiger partial charge in [0.1, 0.15) is 11.0 Å². The Morgan fingerprint density at radius 1 is 1.18 bits per heavy atom. The number of rotatable bonds is 4. The Kier molecular flexibility index (Phi) is 5.03. The summed E-state index contributed by atoms with van der Waals surface area (Å²) in [5.74, 6) is -0.113. The van der Waals surface area contributed by atoms with Gasteiger partial charge < -0.3 is 5.32 Å². The molecule has 28 heavy (non-hydrogen) atoms. The van der Waals surface area contributed by atoms with E-state index in [-0.39, 0.29) is 5.91 Å². The molecule has 2 heterocycles. The first-order valence-electron chi connectivity index (χ1n) is 8.90. The normalized spacial score (nSPS) is 12.3. The molecule has 1 atom stereocenters. The lowest BCUT2D eigenvalue weighted by Gasteiger charge is -2.13. The van der Waals surface area contributed by atoms with Crippen molar-refractivity contribution in [1.82, 2.24) is 14.8 Å². The van der Waals surface area contributed by atoms with Crippen molar-refractivity contribution in [3.05, 3.63) is 64.4 Å². The van der Waals surface area contributed by atoms with Crippen LogP contribution in [-0.2, 0) is 4.79 Å². The van der Waals surface area contributed by atoms with Gasteiger partial charge in [0.05, 0.1) is 20.4 Å². The van der Waals surface area contributed by atoms with E-state index in [1.54, 1.807) is 16.0 Å². The summed E-state index contributed by atoms with van der Waals surface area (Å²) in [6.45, 7) is 5.81. The predicted octanol–water partition coefficient (Wildman–Crippen LogP) is 5.74. The Hall–Kier alpha value is -2.51. The molecular formula is C21H19BrN4OS. The highest BCUT2D eigenvalue weighted by Crippen LogP contribution is 2.31. The maximum atomic E-state index is 12.5. The van der Waals surface area contributed by atoms with Crippen LogP contribution in [0.4, 0.5) is 5.69 Å². The van der Waals surface area contributed by atoms with Crippen LogP contribution >= 0.6 is 27.3 Å². The SMILES string of the molecule is Cc1ccc2nc(-c3ccc(NC(=O)C(C)n4cc(Br)c(C)n4)cc3)sc2c1. The van der Waals surface area contributed by atoms with Crippen LogP contribution in [0.25, 0.3) is 20.8 Å². The topological polar surface area (TPSA) is 59.8 Å². The number of aryl methyl sites for hydroxylation is 2. The minimum atomic E-state index is -0.405. The second-order valence-electron chi connectivity index (χ2n) is 6.78. The van der Waals surface area contributed by atoms with Crippen LogP contribution in [0.5, 0.6) is 0 Å². The highest BCUT2D eigenvalue weighted by atomic mass is 79.9. The molecular weight excluding hydrogens is 436 g/mol. The average Bonchev–Trinajstić information content (AvgIpc) is 3.24. The summed E-state index contributed by atoms with van der Waals surface area (Å²) >= 11 is 5.10. The molecule has 142 valence electrons. The lowest BCUT2D eigenvalue weighted by Crippen LogP contribution is -2.24. The molecule has 4 rings (SSSR count). The van der Waals surface area contributed by atoms with E-state index in [9.17, 15) is 4.79 Å². The predicted molar refractivity (Wildman–Crippen MR) is 118 cm³/mol. The van der Waals surface area contributed by atoms with Gasteiger partial charge in [-0.25, -0.2) is 4.98 Å². The first-order valence-corrected chi connectivity index (χ1v) is 10.5. The van der Waals surface area contributed by atoms with E-state index < -0.39 is 6.04 Å². The minimum Gasteiger partial charge on any atom is -0.324 e. The zero-order chi connectivity index (χ0) is 19.8. The molecule has 1 N–H and O–H groups in total. The summed E-state index contributed by atoms with van der Waals surface area (Å²) in [7, 11) is 0. The van der Waals surface area contributed by atoms with Crippen molar-refractivity contribution >= 4 is 49.1 Å². The molecule has 1 unspecified atom stereocenters. The van der Waals surface area contributed by atoms with Gasteiger partial charge in [-0.05, 0) is 78.7 Å². The van der Waals surface area contributed by atoms with Gasteiger partial charge in [-0.1, -0.05) is 6.07 Å². The fraction of sp³-hybridized carbons (Fsp3) is 0.190. The zero-order valence-electron chi connectivity index (χ0n) is 15.7. The van der Waals surface area contributed by atoms with Crippen LogP contribution in [0.3, 0.4) is 0 Å². The van der Waals surface area contributed by atoms with Crippen LogP contribution in [0.1, 0.15) is 24.2 Å². The number of amides is 1. The van der Waals surface area contributed by atoms with Gasteiger partial charge >= 0.3 is 0 Å². The summed E-state index contributed by atoms with van der Waals surface area (Å²) in [6, 6.07) is 13.7. The van der Waals surface area contributed by atoms with E-state index in [4.69, 9.17) is 4.98 Å². The number of halogens is 1. The van der Waals surface area contributed by atoms with Gasteiger partial charge in [-0.15, -0.1) is 11.3 Å². The van der Waals surface area contributed by atoms with Gasteiger partial charge in [0, 0.05) is 17.4 Å². The first kappa shape index (κ1) is 18.8. The molecule has 0 radical (unpaired) electrons. The highest BCUT2D eigenvalue weighted by molar-refractivity contribution is 9.10. The van der Waals surface area contributed by atoms with Crippen LogP contribution in [-0.4, -0.2) is 20.7 Å². The molecule has 0 aliphatic rings. The Morgan fingerprint density at radius 3 is 2.61 bits per heavy atom. The molecule has 7 heteroatoms. The first-order chi connectivity index (χ1) is 13.4. The number of benzene rings is 2. The monoisotopic (exact) mass is 454 g/mol. The molecule has 0 saturated heterocycles. The average molecular weight is 455 g/mol. The fourth-order valence-corrected chi connectivity index (χ4v) is 4.23. The number of nitrogens with zero attached hydrogens (tertiary/aromatic N) is 3. The molecule has 0 fully saturated rings. The smallest absolute Gasteiger partial charge is 0.248 e. The van der Waals surface area contributed by atoms with Crippen molar-refractivity contribution < 1.29 is 4.79 Å². The maximum Gasteiger partial charge on any atom is 0.248 e. The van der Waals surface area contributed by atoms with Crippen LogP contribution in [0, 0.1) is 13.8 Å². The summed E-state index contributed by atoms with van der Waals surface area (Å²) in [5.41, 5.74) is 4.89. The van der Waals surface area contributed by atoms with Gasteiger partial charge in [-0.3, -0.25) is 9.48 Å². The van der Waals surface area contributed by atoms with E-state index in [1.165, 1.54) is 10.3 Å². The number of carbonyl (C=O) groups excluding carboxylic acids is 1. The maximum absolute atomic E-state index is 12.5. The fourth-order valence-electron chi connectivity index (χ4n) is 2.88. The Balaban J connectivity index is 1.50. The Bertz CT molecular complexity index is 1140. The molecule has 0 aliphatic carbocycles. The number of carbonyl (C=O) groups is 1. The number of fused-ring (bicyclic) bond motifs is 1. The summed E-state index contributed by atoms with van der Waals surface area (Å²) < 4.78 is 3.73. The lowest BCUT2D eigenvalue weighted by molar-refractivity contribution is -0.119. The largest absolute Gasteiger partial charge is 0.324 e. The molecule has 0 aliphatic heterocycles. The second kappa shape index (κ2) is 7.48. The van der Waals surface area contributed by atoms with Crippen molar-refractivity contribution in [2.75, 3.05) is 5.32 Å². The molecule has 0 spiro atoms. The summed E-state index contributed by atoms with van der Waals surface area (Å²) in [6.07, 6.45) is 1.82. The van der Waals surface area contributed by atoms with Crippen LogP contribution in [0.15, 0.2) is 53.1 Å². The third kappa shape index (κ3) is 3.72. The van der Waals surface area contributed by atoms with Crippen LogP contribution in [0.2, 0.25) is 0 Å². The summed E-state index contributed by atoms with van der Waals surface area (Å²) in [4.78, 5) is 17.2. The van der Waals surface area contributed by atoms with Gasteiger partial charge in [0.15, 0.2) is 0 Å². The molecule has 1 amide bonds. The van der Waals surface area contributed by atoms with Crippen LogP contribution < -0.4 is 5.32 Å². The van der Waals surface area contributed by atoms with E-state index in [2.05, 4.69) is 51.5 Å². The third-order valence-corrected chi connectivity index (χ3v) is 6.42. The van der Waals surface area contributed by atoms with Crippen molar-refractivity contribution in [1.29, 1.82) is 0 Å². The molecule has 0 saturated carbocycles. The number of thiazole rings is 1. The summed E-state index contributed by atoms with van der Waals surface area (Å²) in [5, 5.41) is 8.28. The van der Waals surface area contributed by atoms with E-state index >= 15 is 0 Å². The lowest BCUT2D eigenvalue weighted by atomic mass is 10.2. The van der Waals surface area contributed by atoms with Crippen molar-refractivity contribution in [2.45, 2.75) is 26.8 Å². The van der Waals surface area contributed by atoms with Gasteiger partial charge in [0.2, 0.25) is 5.91 Å². The van der Waals surface area contributed by atoms with Crippen molar-refractivity contribution in [3.8, 4) is 10.6 Å². The minimum absolute atomic E-state index is 0.113. The number of hydrogen-bond acceptors (Lipinski definition) is 4. The number of hydrogen-bond donors (Lipinski definition) is 1.